The zero-order valence-electron chi connectivity index (χ0n) is 15.2. The SMILES string of the molecule is CCOc1nc(Cc2ccc(Cl)c3ncccc23)nc2c1C(Br)=C(CC)C2. The molecule has 0 aliphatic heterocycles. The van der Waals surface area contributed by atoms with Gasteiger partial charge in [-0.2, -0.15) is 4.98 Å². The van der Waals surface area contributed by atoms with E-state index in [1.165, 1.54) is 5.57 Å². The van der Waals surface area contributed by atoms with Gasteiger partial charge in [-0.3, -0.25) is 4.98 Å². The molecule has 0 spiro atoms. The molecule has 0 atom stereocenters. The molecule has 4 nitrogen and oxygen atoms in total. The van der Waals surface area contributed by atoms with Crippen molar-refractivity contribution in [1.29, 1.82) is 0 Å². The lowest BCUT2D eigenvalue weighted by Crippen LogP contribution is -2.07. The summed E-state index contributed by atoms with van der Waals surface area (Å²) in [4.78, 5) is 14.0. The van der Waals surface area contributed by atoms with E-state index in [-0.39, 0.29) is 0 Å². The molecule has 6 heteroatoms. The zero-order valence-corrected chi connectivity index (χ0v) is 17.6. The van der Waals surface area contributed by atoms with Gasteiger partial charge in [0, 0.05) is 28.9 Å². The van der Waals surface area contributed by atoms with E-state index in [4.69, 9.17) is 26.3 Å². The van der Waals surface area contributed by atoms with Crippen molar-refractivity contribution in [2.75, 3.05) is 6.61 Å². The van der Waals surface area contributed by atoms with Gasteiger partial charge in [-0.25, -0.2) is 4.98 Å². The van der Waals surface area contributed by atoms with E-state index in [9.17, 15) is 0 Å². The van der Waals surface area contributed by atoms with Crippen molar-refractivity contribution in [3.63, 3.8) is 0 Å². The van der Waals surface area contributed by atoms with Gasteiger partial charge in [0.25, 0.3) is 0 Å². The van der Waals surface area contributed by atoms with E-state index < -0.39 is 0 Å². The van der Waals surface area contributed by atoms with Crippen molar-refractivity contribution >= 4 is 42.9 Å². The maximum absolute atomic E-state index is 6.30. The molecule has 2 aromatic heterocycles. The van der Waals surface area contributed by atoms with E-state index in [1.54, 1.807) is 6.20 Å². The predicted octanol–water partition coefficient (Wildman–Crippen LogP) is 5.74. The Balaban J connectivity index is 1.78. The summed E-state index contributed by atoms with van der Waals surface area (Å²) in [6.45, 7) is 4.70. The van der Waals surface area contributed by atoms with Crippen molar-refractivity contribution in [1.82, 2.24) is 15.0 Å². The molecule has 1 aliphatic rings. The number of halogens is 2. The van der Waals surface area contributed by atoms with Crippen LogP contribution in [0, 0.1) is 0 Å². The van der Waals surface area contributed by atoms with Crippen LogP contribution in [0.1, 0.15) is 42.9 Å². The van der Waals surface area contributed by atoms with Crippen LogP contribution in [0.3, 0.4) is 0 Å². The van der Waals surface area contributed by atoms with Crippen molar-refractivity contribution in [3.05, 3.63) is 63.7 Å². The number of hydrogen-bond donors (Lipinski definition) is 0. The fourth-order valence-corrected chi connectivity index (χ4v) is 4.49. The summed E-state index contributed by atoms with van der Waals surface area (Å²) in [5.74, 6) is 1.41. The normalized spacial score (nSPS) is 13.3. The van der Waals surface area contributed by atoms with E-state index in [0.29, 0.717) is 23.9 Å². The average molecular weight is 445 g/mol. The molecule has 2 heterocycles. The first-order valence-electron chi connectivity index (χ1n) is 9.05. The highest BCUT2D eigenvalue weighted by Gasteiger charge is 2.26. The molecule has 3 aromatic rings. The van der Waals surface area contributed by atoms with Crippen LogP contribution in [0.15, 0.2) is 36.0 Å². The van der Waals surface area contributed by atoms with Crippen LogP contribution in [-0.2, 0) is 12.8 Å². The molecule has 0 unspecified atom stereocenters. The molecule has 0 N–H and O–H groups in total. The summed E-state index contributed by atoms with van der Waals surface area (Å²) in [7, 11) is 0. The zero-order chi connectivity index (χ0) is 19.0. The van der Waals surface area contributed by atoms with Crippen LogP contribution in [-0.4, -0.2) is 21.6 Å². The summed E-state index contributed by atoms with van der Waals surface area (Å²) >= 11 is 10.0. The number of fused-ring (bicyclic) bond motifs is 2. The average Bonchev–Trinajstić information content (AvgIpc) is 3.00. The molecule has 0 fully saturated rings. The Kier molecular flexibility index (Phi) is 5.15. The number of allylic oxidation sites excluding steroid dienone is 1. The Morgan fingerprint density at radius 3 is 2.81 bits per heavy atom. The third-order valence-electron chi connectivity index (χ3n) is 4.77. The summed E-state index contributed by atoms with van der Waals surface area (Å²) in [6.07, 6.45) is 4.18. The van der Waals surface area contributed by atoms with Gasteiger partial charge in [-0.05, 0) is 52.5 Å². The number of ether oxygens (including phenoxy) is 1. The van der Waals surface area contributed by atoms with Gasteiger partial charge in [-0.15, -0.1) is 0 Å². The van der Waals surface area contributed by atoms with Gasteiger partial charge in [0.05, 0.1) is 28.4 Å². The molecule has 0 amide bonds. The molecule has 138 valence electrons. The fourth-order valence-electron chi connectivity index (χ4n) is 3.46. The maximum Gasteiger partial charge on any atom is 0.225 e. The number of benzene rings is 1. The second kappa shape index (κ2) is 7.56. The van der Waals surface area contributed by atoms with E-state index >= 15 is 0 Å². The highest BCUT2D eigenvalue weighted by Crippen LogP contribution is 2.42. The quantitative estimate of drug-likeness (QED) is 0.503. The first-order chi connectivity index (χ1) is 13.1. The number of hydrogen-bond acceptors (Lipinski definition) is 4. The van der Waals surface area contributed by atoms with Crippen molar-refractivity contribution in [2.45, 2.75) is 33.1 Å². The summed E-state index contributed by atoms with van der Waals surface area (Å²) in [5, 5.41) is 1.68. The molecule has 4 rings (SSSR count). The Hall–Kier alpha value is -1.98. The first kappa shape index (κ1) is 18.4. The number of aromatic nitrogens is 3. The molecule has 0 saturated heterocycles. The Bertz CT molecular complexity index is 1060. The Labute approximate surface area is 171 Å². The lowest BCUT2D eigenvalue weighted by Gasteiger charge is -2.12. The second-order valence-corrected chi connectivity index (χ2v) is 7.63. The molecule has 0 radical (unpaired) electrons. The highest BCUT2D eigenvalue weighted by atomic mass is 79.9. The van der Waals surface area contributed by atoms with Gasteiger partial charge in [0.15, 0.2) is 0 Å². The smallest absolute Gasteiger partial charge is 0.225 e. The minimum absolute atomic E-state index is 0.568. The third kappa shape index (κ3) is 3.34. The summed E-state index contributed by atoms with van der Waals surface area (Å²) < 4.78 is 6.93. The monoisotopic (exact) mass is 443 g/mol. The molecule has 0 saturated carbocycles. The molecular weight excluding hydrogens is 426 g/mol. The Morgan fingerprint density at radius 1 is 1.19 bits per heavy atom. The number of nitrogens with zero attached hydrogens (tertiary/aromatic N) is 3. The molecular formula is C21H19BrClN3O. The largest absolute Gasteiger partial charge is 0.477 e. The minimum Gasteiger partial charge on any atom is -0.477 e. The van der Waals surface area contributed by atoms with Crippen LogP contribution in [0.5, 0.6) is 5.88 Å². The van der Waals surface area contributed by atoms with Crippen LogP contribution in [0.4, 0.5) is 0 Å². The lowest BCUT2D eigenvalue weighted by atomic mass is 10.0. The summed E-state index contributed by atoms with van der Waals surface area (Å²) in [5.41, 5.74) is 5.27. The summed E-state index contributed by atoms with van der Waals surface area (Å²) in [6, 6.07) is 7.87. The molecule has 1 aliphatic carbocycles. The third-order valence-corrected chi connectivity index (χ3v) is 6.04. The predicted molar refractivity (Wildman–Crippen MR) is 113 cm³/mol. The molecule has 27 heavy (non-hydrogen) atoms. The van der Waals surface area contributed by atoms with Gasteiger partial charge in [-0.1, -0.05) is 30.7 Å². The van der Waals surface area contributed by atoms with Crippen molar-refractivity contribution < 1.29 is 4.74 Å². The first-order valence-corrected chi connectivity index (χ1v) is 10.2. The van der Waals surface area contributed by atoms with E-state index in [2.05, 4.69) is 27.8 Å². The fraction of sp³-hybridized carbons (Fsp3) is 0.286. The number of rotatable bonds is 5. The standard InChI is InChI=1S/C21H19BrClN3O/c1-3-12-10-16-18(19(12)22)21(27-4-2)26-17(25-16)11-13-7-8-15(23)20-14(13)6-5-9-24-20/h5-9H,3-4,10-11H2,1-2H3. The van der Waals surface area contributed by atoms with Gasteiger partial charge in [0.1, 0.15) is 5.82 Å². The van der Waals surface area contributed by atoms with Gasteiger partial charge >= 0.3 is 0 Å². The van der Waals surface area contributed by atoms with Crippen LogP contribution >= 0.6 is 27.5 Å². The maximum atomic E-state index is 6.30. The topological polar surface area (TPSA) is 47.9 Å². The number of pyridine rings is 1. The van der Waals surface area contributed by atoms with Gasteiger partial charge in [0.2, 0.25) is 5.88 Å². The molecule has 0 bridgehead atoms. The Morgan fingerprint density at radius 2 is 2.04 bits per heavy atom. The van der Waals surface area contributed by atoms with Crippen molar-refractivity contribution in [2.24, 2.45) is 0 Å². The van der Waals surface area contributed by atoms with E-state index in [1.807, 2.05) is 31.2 Å². The van der Waals surface area contributed by atoms with Crippen molar-refractivity contribution in [3.8, 4) is 5.88 Å². The minimum atomic E-state index is 0.568. The van der Waals surface area contributed by atoms with Gasteiger partial charge < -0.3 is 4.74 Å². The lowest BCUT2D eigenvalue weighted by molar-refractivity contribution is 0.324. The molecule has 1 aromatic carbocycles. The van der Waals surface area contributed by atoms with Crippen LogP contribution in [0.2, 0.25) is 5.02 Å². The highest BCUT2D eigenvalue weighted by molar-refractivity contribution is 9.15. The van der Waals surface area contributed by atoms with Crippen LogP contribution in [0.25, 0.3) is 15.4 Å². The van der Waals surface area contributed by atoms with Crippen LogP contribution < -0.4 is 4.74 Å². The van der Waals surface area contributed by atoms with E-state index in [0.717, 1.165) is 50.9 Å². The second-order valence-electron chi connectivity index (χ2n) is 6.43.